The average Bonchev–Trinajstić information content (AvgIpc) is 3.04. The van der Waals surface area contributed by atoms with Gasteiger partial charge in [-0.3, -0.25) is 4.79 Å². The molecule has 0 spiro atoms. The predicted molar refractivity (Wildman–Crippen MR) is 95.0 cm³/mol. The summed E-state index contributed by atoms with van der Waals surface area (Å²) in [6.45, 7) is 3.41. The Labute approximate surface area is 150 Å². The first kappa shape index (κ1) is 17.9. The molecule has 8 heteroatoms. The maximum atomic E-state index is 14.1. The van der Waals surface area contributed by atoms with E-state index < -0.39 is 5.82 Å². The molecule has 2 heterocycles. The van der Waals surface area contributed by atoms with Crippen LogP contribution in [-0.4, -0.2) is 45.9 Å². The van der Waals surface area contributed by atoms with Crippen molar-refractivity contribution in [2.24, 2.45) is 0 Å². The van der Waals surface area contributed by atoms with Gasteiger partial charge < -0.3 is 10.1 Å². The van der Waals surface area contributed by atoms with E-state index in [1.165, 1.54) is 6.07 Å². The highest BCUT2D eigenvalue weighted by atomic mass is 19.1. The molecule has 7 nitrogen and oxygen atoms in total. The summed E-state index contributed by atoms with van der Waals surface area (Å²) >= 11 is 0. The number of carbonyl (C=O) groups is 1. The van der Waals surface area contributed by atoms with Crippen LogP contribution < -0.4 is 5.32 Å². The summed E-state index contributed by atoms with van der Waals surface area (Å²) in [4.78, 5) is 20.5. The lowest BCUT2D eigenvalue weighted by Crippen LogP contribution is -2.20. The van der Waals surface area contributed by atoms with E-state index in [1.807, 2.05) is 6.92 Å². The van der Waals surface area contributed by atoms with Crippen LogP contribution in [-0.2, 0) is 22.5 Å². The molecular weight excluding hydrogens is 337 g/mol. The topological polar surface area (TPSA) is 81.9 Å². The highest BCUT2D eigenvalue weighted by Gasteiger charge is 2.16. The fraction of sp³-hybridized carbons (Fsp3) is 0.333. The van der Waals surface area contributed by atoms with Crippen molar-refractivity contribution < 1.29 is 13.9 Å². The van der Waals surface area contributed by atoms with Crippen molar-refractivity contribution in [1.29, 1.82) is 0 Å². The van der Waals surface area contributed by atoms with Crippen molar-refractivity contribution >= 4 is 16.8 Å². The minimum Gasteiger partial charge on any atom is -0.380 e. The number of halogens is 1. The summed E-state index contributed by atoms with van der Waals surface area (Å²) in [6, 6.07) is 8.38. The third-order valence-electron chi connectivity index (χ3n) is 3.86. The molecule has 0 saturated heterocycles. The SMILES string of the molecule is CCOCCn1nc(CC(=O)NC)nc1-c1ccc2cccc(F)c2n1. The van der Waals surface area contributed by atoms with Crippen LogP contribution in [0, 0.1) is 5.82 Å². The van der Waals surface area contributed by atoms with E-state index in [0.29, 0.717) is 42.5 Å². The lowest BCUT2D eigenvalue weighted by Gasteiger charge is -2.07. The van der Waals surface area contributed by atoms with Crippen LogP contribution >= 0.6 is 0 Å². The molecule has 0 saturated carbocycles. The number of nitrogens with zero attached hydrogens (tertiary/aromatic N) is 4. The molecule has 136 valence electrons. The molecule has 1 aromatic carbocycles. The number of para-hydroxylation sites is 1. The number of nitrogens with one attached hydrogen (secondary N) is 1. The fourth-order valence-corrected chi connectivity index (χ4v) is 2.57. The number of pyridine rings is 1. The number of benzene rings is 1. The van der Waals surface area contributed by atoms with Gasteiger partial charge in [0.1, 0.15) is 17.0 Å². The van der Waals surface area contributed by atoms with Gasteiger partial charge in [0, 0.05) is 19.0 Å². The van der Waals surface area contributed by atoms with Crippen LogP contribution in [0.2, 0.25) is 0 Å². The zero-order chi connectivity index (χ0) is 18.5. The molecule has 0 aliphatic carbocycles. The first-order valence-corrected chi connectivity index (χ1v) is 8.40. The van der Waals surface area contributed by atoms with Crippen LogP contribution in [0.25, 0.3) is 22.4 Å². The summed E-state index contributed by atoms with van der Waals surface area (Å²) in [5, 5.41) is 7.64. The van der Waals surface area contributed by atoms with Gasteiger partial charge in [0.05, 0.1) is 19.6 Å². The molecule has 0 aliphatic heterocycles. The van der Waals surface area contributed by atoms with E-state index in [0.717, 1.165) is 0 Å². The van der Waals surface area contributed by atoms with Gasteiger partial charge in [-0.25, -0.2) is 19.0 Å². The van der Waals surface area contributed by atoms with Gasteiger partial charge in [0.25, 0.3) is 0 Å². The van der Waals surface area contributed by atoms with Gasteiger partial charge in [-0.15, -0.1) is 0 Å². The van der Waals surface area contributed by atoms with E-state index in [2.05, 4.69) is 20.4 Å². The van der Waals surface area contributed by atoms with Gasteiger partial charge in [-0.2, -0.15) is 5.10 Å². The van der Waals surface area contributed by atoms with Gasteiger partial charge in [0.15, 0.2) is 11.6 Å². The molecule has 0 atom stereocenters. The number of likely N-dealkylation sites (N-methyl/N-ethyl adjacent to an activating group) is 1. The maximum Gasteiger partial charge on any atom is 0.227 e. The van der Waals surface area contributed by atoms with Crippen molar-refractivity contribution in [2.45, 2.75) is 19.9 Å². The number of hydrogen-bond acceptors (Lipinski definition) is 5. The van der Waals surface area contributed by atoms with Gasteiger partial charge in [-0.05, 0) is 19.1 Å². The Morgan fingerprint density at radius 1 is 1.27 bits per heavy atom. The summed E-state index contributed by atoms with van der Waals surface area (Å²) in [5.41, 5.74) is 0.770. The number of amides is 1. The maximum absolute atomic E-state index is 14.1. The Hall–Kier alpha value is -2.87. The number of carbonyl (C=O) groups excluding carboxylic acids is 1. The fourth-order valence-electron chi connectivity index (χ4n) is 2.57. The summed E-state index contributed by atoms with van der Waals surface area (Å²) in [7, 11) is 1.56. The Bertz CT molecular complexity index is 925. The minimum absolute atomic E-state index is 0.0626. The van der Waals surface area contributed by atoms with E-state index >= 15 is 0 Å². The quantitative estimate of drug-likeness (QED) is 0.654. The van der Waals surface area contributed by atoms with Gasteiger partial charge in [0.2, 0.25) is 5.91 Å². The number of ether oxygens (including phenoxy) is 1. The monoisotopic (exact) mass is 357 g/mol. The standard InChI is InChI=1S/C18H20FN5O2/c1-3-26-10-9-24-18(22-15(23-24)11-16(25)20-2)14-8-7-12-5-4-6-13(19)17(12)21-14/h4-8H,3,9-11H2,1-2H3,(H,20,25). The Morgan fingerprint density at radius 2 is 2.12 bits per heavy atom. The largest absolute Gasteiger partial charge is 0.380 e. The highest BCUT2D eigenvalue weighted by molar-refractivity contribution is 5.81. The molecule has 26 heavy (non-hydrogen) atoms. The van der Waals surface area contributed by atoms with Crippen molar-refractivity contribution in [3.05, 3.63) is 42.0 Å². The molecule has 0 aliphatic rings. The first-order chi connectivity index (χ1) is 12.6. The van der Waals surface area contributed by atoms with Gasteiger partial charge in [-0.1, -0.05) is 18.2 Å². The normalized spacial score (nSPS) is 11.0. The van der Waals surface area contributed by atoms with E-state index in [9.17, 15) is 9.18 Å². The Balaban J connectivity index is 2.00. The Morgan fingerprint density at radius 3 is 2.88 bits per heavy atom. The molecule has 0 unspecified atom stereocenters. The minimum atomic E-state index is -0.393. The molecule has 3 aromatic rings. The molecule has 0 radical (unpaired) electrons. The second kappa shape index (κ2) is 8.01. The lowest BCUT2D eigenvalue weighted by atomic mass is 10.2. The molecule has 0 fully saturated rings. The second-order valence-electron chi connectivity index (χ2n) is 5.63. The van der Waals surface area contributed by atoms with E-state index in [-0.39, 0.29) is 17.8 Å². The number of fused-ring (bicyclic) bond motifs is 1. The van der Waals surface area contributed by atoms with Crippen molar-refractivity contribution in [1.82, 2.24) is 25.1 Å². The van der Waals surface area contributed by atoms with Crippen LogP contribution in [0.4, 0.5) is 4.39 Å². The number of hydrogen-bond donors (Lipinski definition) is 1. The Kier molecular flexibility index (Phi) is 5.52. The molecule has 3 rings (SSSR count). The summed E-state index contributed by atoms with van der Waals surface area (Å²) in [6.07, 6.45) is 0.0626. The second-order valence-corrected chi connectivity index (χ2v) is 5.63. The van der Waals surface area contributed by atoms with Crippen molar-refractivity contribution in [3.63, 3.8) is 0 Å². The lowest BCUT2D eigenvalue weighted by molar-refractivity contribution is -0.120. The summed E-state index contributed by atoms with van der Waals surface area (Å²) in [5.74, 6) is 0.284. The molecule has 2 aromatic heterocycles. The zero-order valence-electron chi connectivity index (χ0n) is 14.7. The van der Waals surface area contributed by atoms with E-state index in [1.54, 1.807) is 36.0 Å². The number of rotatable bonds is 7. The van der Waals surface area contributed by atoms with Crippen molar-refractivity contribution in [2.75, 3.05) is 20.3 Å². The average molecular weight is 357 g/mol. The van der Waals surface area contributed by atoms with Crippen LogP contribution in [0.1, 0.15) is 12.7 Å². The summed E-state index contributed by atoms with van der Waals surface area (Å²) < 4.78 is 21.1. The third-order valence-corrected chi connectivity index (χ3v) is 3.86. The molecule has 0 bridgehead atoms. The molecule has 1 amide bonds. The highest BCUT2D eigenvalue weighted by Crippen LogP contribution is 2.22. The van der Waals surface area contributed by atoms with Crippen molar-refractivity contribution in [3.8, 4) is 11.5 Å². The van der Waals surface area contributed by atoms with E-state index in [4.69, 9.17) is 4.74 Å². The molecule has 1 N–H and O–H groups in total. The third kappa shape index (κ3) is 3.85. The van der Waals surface area contributed by atoms with Gasteiger partial charge >= 0.3 is 0 Å². The number of aromatic nitrogens is 4. The zero-order valence-corrected chi connectivity index (χ0v) is 14.7. The van der Waals surface area contributed by atoms with Crippen LogP contribution in [0.15, 0.2) is 30.3 Å². The first-order valence-electron chi connectivity index (χ1n) is 8.40. The van der Waals surface area contributed by atoms with Crippen LogP contribution in [0.3, 0.4) is 0 Å². The van der Waals surface area contributed by atoms with Crippen LogP contribution in [0.5, 0.6) is 0 Å². The smallest absolute Gasteiger partial charge is 0.227 e. The predicted octanol–water partition coefficient (Wildman–Crippen LogP) is 1.96. The molecular formula is C18H20FN5O2.